The Labute approximate surface area is 141 Å². The SMILES string of the molecule is CCOc1cccc(N2CCN(C(=O)NCCCC(=O)O)CC2)n1. The predicted molar refractivity (Wildman–Crippen MR) is 89.5 cm³/mol. The van der Waals surface area contributed by atoms with Gasteiger partial charge in [0.2, 0.25) is 5.88 Å². The summed E-state index contributed by atoms with van der Waals surface area (Å²) >= 11 is 0. The predicted octanol–water partition coefficient (Wildman–Crippen LogP) is 1.18. The third kappa shape index (κ3) is 5.29. The number of amides is 2. The van der Waals surface area contributed by atoms with Crippen LogP contribution in [-0.2, 0) is 4.79 Å². The van der Waals surface area contributed by atoms with Gasteiger partial charge in [0.05, 0.1) is 6.61 Å². The molecule has 8 heteroatoms. The molecule has 1 aromatic heterocycles. The number of ether oxygens (including phenoxy) is 1. The fraction of sp³-hybridized carbons (Fsp3) is 0.562. The van der Waals surface area contributed by atoms with E-state index in [0.717, 1.165) is 5.82 Å². The fourth-order valence-corrected chi connectivity index (χ4v) is 2.49. The van der Waals surface area contributed by atoms with Gasteiger partial charge in [-0.15, -0.1) is 0 Å². The number of rotatable bonds is 7. The molecule has 0 aromatic carbocycles. The van der Waals surface area contributed by atoms with Crippen LogP contribution in [0, 0.1) is 0 Å². The summed E-state index contributed by atoms with van der Waals surface area (Å²) in [4.78, 5) is 30.8. The molecule has 0 unspecified atom stereocenters. The zero-order valence-corrected chi connectivity index (χ0v) is 13.9. The van der Waals surface area contributed by atoms with Gasteiger partial charge in [-0.2, -0.15) is 4.98 Å². The highest BCUT2D eigenvalue weighted by molar-refractivity contribution is 5.74. The number of pyridine rings is 1. The molecule has 0 saturated carbocycles. The van der Waals surface area contributed by atoms with Crippen LogP contribution in [0.1, 0.15) is 19.8 Å². The van der Waals surface area contributed by atoms with E-state index >= 15 is 0 Å². The summed E-state index contributed by atoms with van der Waals surface area (Å²) in [5.41, 5.74) is 0. The van der Waals surface area contributed by atoms with Gasteiger partial charge in [0, 0.05) is 45.2 Å². The van der Waals surface area contributed by atoms with Crippen molar-refractivity contribution >= 4 is 17.8 Å². The van der Waals surface area contributed by atoms with Gasteiger partial charge in [-0.05, 0) is 19.4 Å². The van der Waals surface area contributed by atoms with E-state index in [2.05, 4.69) is 15.2 Å². The van der Waals surface area contributed by atoms with E-state index in [-0.39, 0.29) is 12.5 Å². The average molecular weight is 336 g/mol. The number of carbonyl (C=O) groups is 2. The van der Waals surface area contributed by atoms with Crippen molar-refractivity contribution in [1.82, 2.24) is 15.2 Å². The molecular weight excluding hydrogens is 312 g/mol. The molecule has 0 radical (unpaired) electrons. The molecule has 0 bridgehead atoms. The van der Waals surface area contributed by atoms with E-state index in [1.165, 1.54) is 0 Å². The lowest BCUT2D eigenvalue weighted by Crippen LogP contribution is -2.52. The zero-order valence-electron chi connectivity index (χ0n) is 13.9. The lowest BCUT2D eigenvalue weighted by atomic mass is 10.3. The van der Waals surface area contributed by atoms with Crippen LogP contribution in [0.5, 0.6) is 5.88 Å². The molecule has 24 heavy (non-hydrogen) atoms. The molecule has 1 aliphatic heterocycles. The van der Waals surface area contributed by atoms with Crippen molar-refractivity contribution in [2.45, 2.75) is 19.8 Å². The summed E-state index contributed by atoms with van der Waals surface area (Å²) in [5, 5.41) is 11.3. The molecule has 2 heterocycles. The number of nitrogens with one attached hydrogen (secondary N) is 1. The van der Waals surface area contributed by atoms with E-state index in [1.54, 1.807) is 4.90 Å². The molecule has 8 nitrogen and oxygen atoms in total. The van der Waals surface area contributed by atoms with E-state index in [0.29, 0.717) is 51.6 Å². The molecule has 2 amide bonds. The van der Waals surface area contributed by atoms with Crippen LogP contribution in [-0.4, -0.2) is 66.3 Å². The van der Waals surface area contributed by atoms with Crippen molar-refractivity contribution < 1.29 is 19.4 Å². The number of aliphatic carboxylic acids is 1. The first-order chi connectivity index (χ1) is 11.6. The molecule has 1 saturated heterocycles. The third-order valence-corrected chi connectivity index (χ3v) is 3.74. The molecule has 1 aromatic rings. The average Bonchev–Trinajstić information content (AvgIpc) is 2.59. The van der Waals surface area contributed by atoms with Gasteiger partial charge in [-0.1, -0.05) is 6.07 Å². The number of piperazine rings is 1. The maximum atomic E-state index is 12.0. The van der Waals surface area contributed by atoms with Crippen molar-refractivity contribution in [3.8, 4) is 5.88 Å². The lowest BCUT2D eigenvalue weighted by molar-refractivity contribution is -0.137. The van der Waals surface area contributed by atoms with Gasteiger partial charge in [0.15, 0.2) is 0 Å². The second-order valence-corrected chi connectivity index (χ2v) is 5.47. The Morgan fingerprint density at radius 3 is 2.71 bits per heavy atom. The van der Waals surface area contributed by atoms with Crippen molar-refractivity contribution in [1.29, 1.82) is 0 Å². The summed E-state index contributed by atoms with van der Waals surface area (Å²) < 4.78 is 5.41. The normalized spacial score (nSPS) is 14.4. The molecule has 1 aliphatic rings. The largest absolute Gasteiger partial charge is 0.481 e. The number of carboxylic acids is 1. The molecule has 0 spiro atoms. The molecule has 2 rings (SSSR count). The molecular formula is C16H24N4O4. The Kier molecular flexibility index (Phi) is 6.65. The number of anilines is 1. The third-order valence-electron chi connectivity index (χ3n) is 3.74. The summed E-state index contributed by atoms with van der Waals surface area (Å²) in [6.07, 6.45) is 0.505. The van der Waals surface area contributed by atoms with Crippen LogP contribution in [0.15, 0.2) is 18.2 Å². The molecule has 132 valence electrons. The smallest absolute Gasteiger partial charge is 0.317 e. The standard InChI is InChI=1S/C16H24N4O4/c1-2-24-14-6-3-5-13(18-14)19-9-11-20(12-10-19)16(23)17-8-4-7-15(21)22/h3,5-6H,2,4,7-12H2,1H3,(H,17,23)(H,21,22). The number of aromatic nitrogens is 1. The van der Waals surface area contributed by atoms with Crippen LogP contribution < -0.4 is 15.0 Å². The molecule has 0 atom stereocenters. The topological polar surface area (TPSA) is 95.0 Å². The van der Waals surface area contributed by atoms with E-state index in [4.69, 9.17) is 9.84 Å². The van der Waals surface area contributed by atoms with Crippen molar-refractivity contribution in [2.75, 3.05) is 44.2 Å². The second kappa shape index (κ2) is 8.95. The number of hydrogen-bond donors (Lipinski definition) is 2. The van der Waals surface area contributed by atoms with Gasteiger partial charge in [-0.25, -0.2) is 4.79 Å². The highest BCUT2D eigenvalue weighted by Gasteiger charge is 2.21. The molecule has 2 N–H and O–H groups in total. The number of carboxylic acid groups (broad SMARTS) is 1. The van der Waals surface area contributed by atoms with Crippen LogP contribution in [0.25, 0.3) is 0 Å². The first-order valence-corrected chi connectivity index (χ1v) is 8.19. The maximum Gasteiger partial charge on any atom is 0.317 e. The van der Waals surface area contributed by atoms with Gasteiger partial charge < -0.3 is 25.0 Å². The first kappa shape index (κ1) is 17.8. The highest BCUT2D eigenvalue weighted by Crippen LogP contribution is 2.17. The second-order valence-electron chi connectivity index (χ2n) is 5.47. The first-order valence-electron chi connectivity index (χ1n) is 8.19. The van der Waals surface area contributed by atoms with Gasteiger partial charge in [0.25, 0.3) is 0 Å². The van der Waals surface area contributed by atoms with E-state index < -0.39 is 5.97 Å². The lowest BCUT2D eigenvalue weighted by Gasteiger charge is -2.35. The fourth-order valence-electron chi connectivity index (χ4n) is 2.49. The van der Waals surface area contributed by atoms with E-state index in [9.17, 15) is 9.59 Å². The van der Waals surface area contributed by atoms with Crippen LogP contribution in [0.2, 0.25) is 0 Å². The summed E-state index contributed by atoms with van der Waals surface area (Å²) in [7, 11) is 0. The Morgan fingerprint density at radius 1 is 1.29 bits per heavy atom. The Balaban J connectivity index is 1.77. The van der Waals surface area contributed by atoms with Crippen LogP contribution in [0.3, 0.4) is 0 Å². The van der Waals surface area contributed by atoms with Crippen molar-refractivity contribution in [3.63, 3.8) is 0 Å². The molecule has 1 fully saturated rings. The highest BCUT2D eigenvalue weighted by atomic mass is 16.5. The number of nitrogens with zero attached hydrogens (tertiary/aromatic N) is 3. The monoisotopic (exact) mass is 336 g/mol. The minimum absolute atomic E-state index is 0.0654. The van der Waals surface area contributed by atoms with E-state index in [1.807, 2.05) is 25.1 Å². The van der Waals surface area contributed by atoms with Gasteiger partial charge in [0.1, 0.15) is 5.82 Å². The Morgan fingerprint density at radius 2 is 2.04 bits per heavy atom. The minimum Gasteiger partial charge on any atom is -0.481 e. The molecule has 0 aliphatic carbocycles. The Bertz CT molecular complexity index is 559. The van der Waals surface area contributed by atoms with Crippen molar-refractivity contribution in [2.24, 2.45) is 0 Å². The van der Waals surface area contributed by atoms with Crippen LogP contribution >= 0.6 is 0 Å². The number of carbonyl (C=O) groups excluding carboxylic acids is 1. The van der Waals surface area contributed by atoms with Crippen LogP contribution in [0.4, 0.5) is 10.6 Å². The minimum atomic E-state index is -0.848. The summed E-state index contributed by atoms with van der Waals surface area (Å²) in [6.45, 7) is 5.48. The quantitative estimate of drug-likeness (QED) is 0.726. The van der Waals surface area contributed by atoms with Crippen molar-refractivity contribution in [3.05, 3.63) is 18.2 Å². The summed E-state index contributed by atoms with van der Waals surface area (Å²) in [5.74, 6) is 0.607. The van der Waals surface area contributed by atoms with Gasteiger partial charge in [-0.3, -0.25) is 4.79 Å². The Hall–Kier alpha value is -2.51. The van der Waals surface area contributed by atoms with Gasteiger partial charge >= 0.3 is 12.0 Å². The zero-order chi connectivity index (χ0) is 17.4. The summed E-state index contributed by atoms with van der Waals surface area (Å²) in [6, 6.07) is 5.53. The number of hydrogen-bond acceptors (Lipinski definition) is 5. The number of urea groups is 1. The maximum absolute atomic E-state index is 12.0.